The maximum Gasteiger partial charge on any atom is 0.355 e. The van der Waals surface area contributed by atoms with Gasteiger partial charge in [-0.3, -0.25) is 4.79 Å². The highest BCUT2D eigenvalue weighted by atomic mass is 79.9. The lowest BCUT2D eigenvalue weighted by Crippen LogP contribution is -2.23. The number of nitrogen functional groups attached to an aromatic ring is 1. The summed E-state index contributed by atoms with van der Waals surface area (Å²) in [5, 5.41) is 13.4. The van der Waals surface area contributed by atoms with Gasteiger partial charge in [-0.2, -0.15) is 0 Å². The van der Waals surface area contributed by atoms with E-state index in [1.807, 2.05) is 0 Å². The standard InChI is InChI=1S/C12H10BrN3O3S/c13-8-2-1-6(14)3-7(8)11(17)15-4-10-16-9(5-20-10)12(18)19/h1-3,5H,4,14H2,(H,15,17)(H,18,19). The Morgan fingerprint density at radius 3 is 2.85 bits per heavy atom. The van der Waals surface area contributed by atoms with Crippen molar-refractivity contribution in [2.24, 2.45) is 0 Å². The molecular weight excluding hydrogens is 346 g/mol. The average Bonchev–Trinajstić information content (AvgIpc) is 2.88. The van der Waals surface area contributed by atoms with Gasteiger partial charge in [0.05, 0.1) is 12.1 Å². The van der Waals surface area contributed by atoms with Crippen LogP contribution in [0.15, 0.2) is 28.1 Å². The van der Waals surface area contributed by atoms with Crippen molar-refractivity contribution >= 4 is 44.8 Å². The summed E-state index contributed by atoms with van der Waals surface area (Å²) in [5.74, 6) is -1.39. The molecule has 2 rings (SSSR count). The second kappa shape index (κ2) is 6.02. The molecule has 0 saturated heterocycles. The normalized spacial score (nSPS) is 10.2. The molecule has 4 N–H and O–H groups in total. The number of aromatic nitrogens is 1. The Balaban J connectivity index is 2.04. The van der Waals surface area contributed by atoms with Crippen molar-refractivity contribution in [2.75, 3.05) is 5.73 Å². The van der Waals surface area contributed by atoms with Gasteiger partial charge in [0.2, 0.25) is 0 Å². The number of anilines is 1. The number of thiazole rings is 1. The van der Waals surface area contributed by atoms with Crippen LogP contribution in [-0.2, 0) is 6.54 Å². The zero-order valence-electron chi connectivity index (χ0n) is 10.1. The van der Waals surface area contributed by atoms with Crippen molar-refractivity contribution in [3.05, 3.63) is 44.3 Å². The van der Waals surface area contributed by atoms with E-state index < -0.39 is 5.97 Å². The number of nitrogens with one attached hydrogen (secondary N) is 1. The van der Waals surface area contributed by atoms with Gasteiger partial charge in [0.25, 0.3) is 5.91 Å². The van der Waals surface area contributed by atoms with Gasteiger partial charge in [0.1, 0.15) is 5.01 Å². The van der Waals surface area contributed by atoms with Crippen molar-refractivity contribution in [1.29, 1.82) is 0 Å². The van der Waals surface area contributed by atoms with E-state index in [1.54, 1.807) is 18.2 Å². The number of benzene rings is 1. The van der Waals surface area contributed by atoms with Crippen LogP contribution in [0, 0.1) is 0 Å². The largest absolute Gasteiger partial charge is 0.476 e. The number of halogens is 1. The molecule has 1 heterocycles. The highest BCUT2D eigenvalue weighted by Crippen LogP contribution is 2.19. The Morgan fingerprint density at radius 1 is 1.45 bits per heavy atom. The number of carbonyl (C=O) groups excluding carboxylic acids is 1. The summed E-state index contributed by atoms with van der Waals surface area (Å²) >= 11 is 4.45. The number of rotatable bonds is 4. The van der Waals surface area contributed by atoms with Crippen LogP contribution in [0.5, 0.6) is 0 Å². The van der Waals surface area contributed by atoms with Crippen LogP contribution in [0.2, 0.25) is 0 Å². The maximum atomic E-state index is 12.0. The number of amides is 1. The first-order valence-electron chi connectivity index (χ1n) is 5.48. The first-order chi connectivity index (χ1) is 9.47. The molecule has 8 heteroatoms. The number of nitrogens with zero attached hydrogens (tertiary/aromatic N) is 1. The van der Waals surface area contributed by atoms with Gasteiger partial charge in [-0.25, -0.2) is 9.78 Å². The van der Waals surface area contributed by atoms with Crippen molar-refractivity contribution in [2.45, 2.75) is 6.54 Å². The quantitative estimate of drug-likeness (QED) is 0.728. The second-order valence-electron chi connectivity index (χ2n) is 3.85. The molecule has 0 spiro atoms. The SMILES string of the molecule is Nc1ccc(Br)c(C(=O)NCc2nc(C(=O)O)cs2)c1. The monoisotopic (exact) mass is 355 g/mol. The van der Waals surface area contributed by atoms with Crippen molar-refractivity contribution in [3.8, 4) is 0 Å². The molecule has 1 amide bonds. The smallest absolute Gasteiger partial charge is 0.355 e. The van der Waals surface area contributed by atoms with Crippen LogP contribution >= 0.6 is 27.3 Å². The lowest BCUT2D eigenvalue weighted by atomic mass is 10.2. The molecule has 0 bridgehead atoms. The third kappa shape index (κ3) is 3.34. The summed E-state index contributed by atoms with van der Waals surface area (Å²) in [6.07, 6.45) is 0. The first kappa shape index (κ1) is 14.5. The minimum Gasteiger partial charge on any atom is -0.476 e. The van der Waals surface area contributed by atoms with Gasteiger partial charge in [-0.15, -0.1) is 11.3 Å². The van der Waals surface area contributed by atoms with Gasteiger partial charge in [0.15, 0.2) is 5.69 Å². The molecule has 0 radical (unpaired) electrons. The molecular formula is C12H10BrN3O3S. The van der Waals surface area contributed by atoms with Crippen LogP contribution in [-0.4, -0.2) is 22.0 Å². The van der Waals surface area contributed by atoms with E-state index in [0.29, 0.717) is 20.7 Å². The van der Waals surface area contributed by atoms with E-state index in [9.17, 15) is 9.59 Å². The fraction of sp³-hybridized carbons (Fsp3) is 0.0833. The summed E-state index contributed by atoms with van der Waals surface area (Å²) in [5.41, 5.74) is 6.51. The van der Waals surface area contributed by atoms with Crippen molar-refractivity contribution < 1.29 is 14.7 Å². The summed E-state index contributed by atoms with van der Waals surface area (Å²) < 4.78 is 0.634. The van der Waals surface area contributed by atoms with Crippen LogP contribution in [0.25, 0.3) is 0 Å². The number of carboxylic acid groups (broad SMARTS) is 1. The molecule has 0 saturated carbocycles. The molecule has 0 unspecified atom stereocenters. The number of hydrogen-bond donors (Lipinski definition) is 3. The number of nitrogens with two attached hydrogens (primary N) is 1. The van der Waals surface area contributed by atoms with Gasteiger partial charge in [-0.05, 0) is 34.1 Å². The fourth-order valence-corrected chi connectivity index (χ4v) is 2.59. The highest BCUT2D eigenvalue weighted by Gasteiger charge is 2.12. The molecule has 0 fully saturated rings. The van der Waals surface area contributed by atoms with Gasteiger partial charge < -0.3 is 16.2 Å². The van der Waals surface area contributed by atoms with Crippen LogP contribution in [0.3, 0.4) is 0 Å². The predicted molar refractivity (Wildman–Crippen MR) is 78.8 cm³/mol. The van der Waals surface area contributed by atoms with Gasteiger partial charge >= 0.3 is 5.97 Å². The van der Waals surface area contributed by atoms with E-state index in [0.717, 1.165) is 0 Å². The Labute approximate surface area is 126 Å². The number of hydrogen-bond acceptors (Lipinski definition) is 5. The minimum absolute atomic E-state index is 0.0237. The summed E-state index contributed by atoms with van der Waals surface area (Å²) in [6.45, 7) is 0.165. The second-order valence-corrected chi connectivity index (χ2v) is 5.65. The van der Waals surface area contributed by atoms with Crippen LogP contribution in [0.1, 0.15) is 25.9 Å². The van der Waals surface area contributed by atoms with Gasteiger partial charge in [0, 0.05) is 15.5 Å². The molecule has 20 heavy (non-hydrogen) atoms. The molecule has 104 valence electrons. The average molecular weight is 356 g/mol. The first-order valence-corrected chi connectivity index (χ1v) is 7.15. The third-order valence-electron chi connectivity index (χ3n) is 2.41. The lowest BCUT2D eigenvalue weighted by molar-refractivity contribution is 0.0691. The Bertz CT molecular complexity index is 672. The Kier molecular flexibility index (Phi) is 4.35. The van der Waals surface area contributed by atoms with E-state index in [1.165, 1.54) is 16.7 Å². The molecule has 0 aliphatic rings. The van der Waals surface area contributed by atoms with E-state index in [2.05, 4.69) is 26.2 Å². The molecule has 1 aromatic carbocycles. The zero-order valence-corrected chi connectivity index (χ0v) is 12.5. The van der Waals surface area contributed by atoms with Crippen molar-refractivity contribution in [1.82, 2.24) is 10.3 Å². The van der Waals surface area contributed by atoms with E-state index in [4.69, 9.17) is 10.8 Å². The predicted octanol–water partition coefficient (Wildman–Crippen LogP) is 2.12. The lowest BCUT2D eigenvalue weighted by Gasteiger charge is -2.06. The van der Waals surface area contributed by atoms with E-state index >= 15 is 0 Å². The number of aromatic carboxylic acids is 1. The Hall–Kier alpha value is -1.93. The molecule has 6 nitrogen and oxygen atoms in total. The van der Waals surface area contributed by atoms with Crippen molar-refractivity contribution in [3.63, 3.8) is 0 Å². The van der Waals surface area contributed by atoms with Crippen LogP contribution in [0.4, 0.5) is 5.69 Å². The maximum absolute atomic E-state index is 12.0. The summed E-state index contributed by atoms with van der Waals surface area (Å²) in [4.78, 5) is 26.6. The topological polar surface area (TPSA) is 105 Å². The van der Waals surface area contributed by atoms with Gasteiger partial charge in [-0.1, -0.05) is 0 Å². The molecule has 0 atom stereocenters. The number of carbonyl (C=O) groups is 2. The van der Waals surface area contributed by atoms with Crippen LogP contribution < -0.4 is 11.1 Å². The fourth-order valence-electron chi connectivity index (χ4n) is 1.46. The minimum atomic E-state index is -1.09. The number of carboxylic acids is 1. The zero-order chi connectivity index (χ0) is 14.7. The third-order valence-corrected chi connectivity index (χ3v) is 3.95. The molecule has 2 aromatic rings. The van der Waals surface area contributed by atoms with E-state index in [-0.39, 0.29) is 18.1 Å². The molecule has 1 aromatic heterocycles. The molecule has 0 aliphatic heterocycles. The summed E-state index contributed by atoms with van der Waals surface area (Å²) in [6, 6.07) is 4.93. The highest BCUT2D eigenvalue weighted by molar-refractivity contribution is 9.10. The molecule has 0 aliphatic carbocycles. The Morgan fingerprint density at radius 2 is 2.20 bits per heavy atom. The summed E-state index contributed by atoms with van der Waals surface area (Å²) in [7, 11) is 0.